The molecule has 2 nitrogen and oxygen atoms in total. The van der Waals surface area contributed by atoms with Gasteiger partial charge in [0.15, 0.2) is 0 Å². The van der Waals surface area contributed by atoms with Gasteiger partial charge in [0, 0.05) is 15.9 Å². The highest BCUT2D eigenvalue weighted by atomic mass is 79.9. The molecule has 0 atom stereocenters. The van der Waals surface area contributed by atoms with Gasteiger partial charge in [-0.1, -0.05) is 30.0 Å². The van der Waals surface area contributed by atoms with E-state index in [-0.39, 0.29) is 0 Å². The average molecular weight is 338 g/mol. The summed E-state index contributed by atoms with van der Waals surface area (Å²) in [6.07, 6.45) is 0. The molecule has 0 saturated carbocycles. The molecule has 0 radical (unpaired) electrons. The molecule has 4 heteroatoms. The number of benzene rings is 2. The normalized spacial score (nSPS) is 10.5. The van der Waals surface area contributed by atoms with Gasteiger partial charge in [0.2, 0.25) is 0 Å². The van der Waals surface area contributed by atoms with Crippen molar-refractivity contribution in [2.24, 2.45) is 0 Å². The van der Waals surface area contributed by atoms with Crippen LogP contribution in [0.15, 0.2) is 56.7 Å². The quantitative estimate of drug-likeness (QED) is 0.877. The number of hydrogen-bond donors (Lipinski definition) is 1. The number of para-hydroxylation sites is 1. The summed E-state index contributed by atoms with van der Waals surface area (Å²) in [7, 11) is 3.65. The third-order valence-corrected chi connectivity index (χ3v) is 4.72. The Labute approximate surface area is 126 Å². The second-order valence-electron chi connectivity index (χ2n) is 4.05. The maximum Gasteiger partial charge on any atom is 0.132 e. The lowest BCUT2D eigenvalue weighted by atomic mass is 10.2. The Hall–Kier alpha value is -0.970. The minimum Gasteiger partial charge on any atom is -0.496 e. The molecule has 0 bridgehead atoms. The molecule has 0 amide bonds. The van der Waals surface area contributed by atoms with Crippen molar-refractivity contribution in [2.75, 3.05) is 14.2 Å². The summed E-state index contributed by atoms with van der Waals surface area (Å²) in [6, 6.07) is 14.5. The van der Waals surface area contributed by atoms with E-state index in [4.69, 9.17) is 4.74 Å². The largest absolute Gasteiger partial charge is 0.496 e. The SMILES string of the molecule is CNCc1ccc(Sc2ccccc2OC)c(Br)c1. The first kappa shape index (κ1) is 14.4. The van der Waals surface area contributed by atoms with Crippen molar-refractivity contribution in [3.8, 4) is 5.75 Å². The molecule has 0 aliphatic rings. The summed E-state index contributed by atoms with van der Waals surface area (Å²) in [5.74, 6) is 0.902. The maximum atomic E-state index is 5.37. The van der Waals surface area contributed by atoms with E-state index in [1.807, 2.05) is 25.2 Å². The molecular formula is C15H16BrNOS. The molecule has 1 N–H and O–H groups in total. The van der Waals surface area contributed by atoms with E-state index in [9.17, 15) is 0 Å². The van der Waals surface area contributed by atoms with E-state index in [1.54, 1.807) is 18.9 Å². The van der Waals surface area contributed by atoms with Gasteiger partial charge in [-0.3, -0.25) is 0 Å². The number of methoxy groups -OCH3 is 1. The van der Waals surface area contributed by atoms with Crippen LogP contribution in [0.2, 0.25) is 0 Å². The minimum atomic E-state index is 0.873. The first-order valence-electron chi connectivity index (χ1n) is 5.98. The lowest BCUT2D eigenvalue weighted by Gasteiger charge is -2.10. The summed E-state index contributed by atoms with van der Waals surface area (Å²) in [4.78, 5) is 2.30. The molecule has 0 spiro atoms. The van der Waals surface area contributed by atoms with Gasteiger partial charge in [-0.15, -0.1) is 0 Å². The predicted octanol–water partition coefficient (Wildman–Crippen LogP) is 4.33. The Kier molecular flexibility index (Phi) is 5.31. The van der Waals surface area contributed by atoms with Crippen molar-refractivity contribution in [1.82, 2.24) is 5.32 Å². The maximum absolute atomic E-state index is 5.37. The van der Waals surface area contributed by atoms with Crippen LogP contribution in [0.5, 0.6) is 5.75 Å². The fraction of sp³-hybridized carbons (Fsp3) is 0.200. The summed E-state index contributed by atoms with van der Waals surface area (Å²) in [5, 5.41) is 3.15. The van der Waals surface area contributed by atoms with Crippen LogP contribution in [0.1, 0.15) is 5.56 Å². The third-order valence-electron chi connectivity index (χ3n) is 2.67. The van der Waals surface area contributed by atoms with Gasteiger partial charge in [0.25, 0.3) is 0 Å². The predicted molar refractivity (Wildman–Crippen MR) is 84.0 cm³/mol. The second kappa shape index (κ2) is 6.98. The zero-order chi connectivity index (χ0) is 13.7. The molecule has 2 rings (SSSR count). The molecule has 0 aromatic heterocycles. The highest BCUT2D eigenvalue weighted by molar-refractivity contribution is 9.10. The molecule has 0 heterocycles. The monoisotopic (exact) mass is 337 g/mol. The minimum absolute atomic E-state index is 0.873. The lowest BCUT2D eigenvalue weighted by molar-refractivity contribution is 0.405. The van der Waals surface area contributed by atoms with Crippen molar-refractivity contribution in [3.05, 3.63) is 52.5 Å². The average Bonchev–Trinajstić information content (AvgIpc) is 2.43. The number of ether oxygens (including phenoxy) is 1. The molecule has 100 valence electrons. The number of halogens is 1. The number of rotatable bonds is 5. The Balaban J connectivity index is 2.23. The molecule has 0 unspecified atom stereocenters. The Morgan fingerprint density at radius 3 is 2.63 bits per heavy atom. The summed E-state index contributed by atoms with van der Waals surface area (Å²) < 4.78 is 6.48. The van der Waals surface area contributed by atoms with Gasteiger partial charge < -0.3 is 10.1 Å². The summed E-state index contributed by atoms with van der Waals surface area (Å²) in [5.41, 5.74) is 1.26. The van der Waals surface area contributed by atoms with Crippen LogP contribution in [0, 0.1) is 0 Å². The van der Waals surface area contributed by atoms with Crippen molar-refractivity contribution < 1.29 is 4.74 Å². The van der Waals surface area contributed by atoms with Crippen molar-refractivity contribution >= 4 is 27.7 Å². The topological polar surface area (TPSA) is 21.3 Å². The highest BCUT2D eigenvalue weighted by Crippen LogP contribution is 2.38. The zero-order valence-corrected chi connectivity index (χ0v) is 13.3. The smallest absolute Gasteiger partial charge is 0.132 e. The van der Waals surface area contributed by atoms with Crippen LogP contribution in [0.3, 0.4) is 0 Å². The third kappa shape index (κ3) is 3.75. The van der Waals surface area contributed by atoms with Gasteiger partial charge in [0.05, 0.1) is 12.0 Å². The van der Waals surface area contributed by atoms with Gasteiger partial charge >= 0.3 is 0 Å². The van der Waals surface area contributed by atoms with Crippen LogP contribution >= 0.6 is 27.7 Å². The summed E-state index contributed by atoms with van der Waals surface area (Å²) in [6.45, 7) is 0.873. The summed E-state index contributed by atoms with van der Waals surface area (Å²) >= 11 is 5.33. The Morgan fingerprint density at radius 2 is 1.95 bits per heavy atom. The molecule has 2 aromatic carbocycles. The molecule has 0 aliphatic carbocycles. The first-order valence-corrected chi connectivity index (χ1v) is 7.59. The van der Waals surface area contributed by atoms with Crippen LogP contribution in [0.4, 0.5) is 0 Å². The van der Waals surface area contributed by atoms with Crippen molar-refractivity contribution in [1.29, 1.82) is 0 Å². The van der Waals surface area contributed by atoms with Gasteiger partial charge in [-0.05, 0) is 52.8 Å². The molecular weight excluding hydrogens is 322 g/mol. The zero-order valence-electron chi connectivity index (χ0n) is 10.9. The van der Waals surface area contributed by atoms with E-state index in [0.717, 1.165) is 21.7 Å². The highest BCUT2D eigenvalue weighted by Gasteiger charge is 2.07. The van der Waals surface area contributed by atoms with Gasteiger partial charge in [-0.2, -0.15) is 0 Å². The number of nitrogens with one attached hydrogen (secondary N) is 1. The van der Waals surface area contributed by atoms with E-state index >= 15 is 0 Å². The molecule has 2 aromatic rings. The van der Waals surface area contributed by atoms with Crippen LogP contribution < -0.4 is 10.1 Å². The molecule has 0 saturated heterocycles. The standard InChI is InChI=1S/C15H16BrNOS/c1-17-10-11-7-8-14(12(16)9-11)19-15-6-4-3-5-13(15)18-2/h3-9,17H,10H2,1-2H3. The fourth-order valence-corrected chi connectivity index (χ4v) is 3.36. The lowest BCUT2D eigenvalue weighted by Crippen LogP contribution is -2.04. The van der Waals surface area contributed by atoms with Gasteiger partial charge in [0.1, 0.15) is 5.75 Å². The van der Waals surface area contributed by atoms with Crippen molar-refractivity contribution in [2.45, 2.75) is 16.3 Å². The second-order valence-corrected chi connectivity index (χ2v) is 5.99. The van der Waals surface area contributed by atoms with E-state index in [1.165, 1.54) is 10.5 Å². The molecule has 19 heavy (non-hydrogen) atoms. The van der Waals surface area contributed by atoms with E-state index < -0.39 is 0 Å². The van der Waals surface area contributed by atoms with Gasteiger partial charge in [-0.25, -0.2) is 0 Å². The fourth-order valence-electron chi connectivity index (χ4n) is 1.76. The molecule has 0 fully saturated rings. The Morgan fingerprint density at radius 1 is 1.16 bits per heavy atom. The number of hydrogen-bond acceptors (Lipinski definition) is 3. The van der Waals surface area contributed by atoms with Crippen molar-refractivity contribution in [3.63, 3.8) is 0 Å². The van der Waals surface area contributed by atoms with E-state index in [2.05, 4.69) is 45.5 Å². The first-order chi connectivity index (χ1) is 9.24. The van der Waals surface area contributed by atoms with E-state index in [0.29, 0.717) is 0 Å². The van der Waals surface area contributed by atoms with Crippen LogP contribution in [0.25, 0.3) is 0 Å². The van der Waals surface area contributed by atoms with Crippen LogP contribution in [-0.2, 0) is 6.54 Å². The molecule has 0 aliphatic heterocycles. The Bertz CT molecular complexity index is 560. The van der Waals surface area contributed by atoms with Crippen LogP contribution in [-0.4, -0.2) is 14.2 Å².